The molecule has 138 valence electrons. The first-order chi connectivity index (χ1) is 12.6. The third kappa shape index (κ3) is 4.43. The molecule has 0 aromatic heterocycles. The van der Waals surface area contributed by atoms with Crippen molar-refractivity contribution in [1.82, 2.24) is 5.32 Å². The molecule has 4 nitrogen and oxygen atoms in total. The zero-order valence-electron chi connectivity index (χ0n) is 14.3. The Morgan fingerprint density at radius 3 is 2.42 bits per heavy atom. The Morgan fingerprint density at radius 1 is 1.12 bits per heavy atom. The van der Waals surface area contributed by atoms with Crippen LogP contribution >= 0.6 is 15.9 Å². The van der Waals surface area contributed by atoms with Crippen molar-refractivity contribution in [2.45, 2.75) is 18.3 Å². The minimum Gasteiger partial charge on any atom is -0.492 e. The van der Waals surface area contributed by atoms with Gasteiger partial charge in [0.05, 0.1) is 12.0 Å². The van der Waals surface area contributed by atoms with Crippen molar-refractivity contribution in [3.8, 4) is 5.75 Å². The highest BCUT2D eigenvalue weighted by Gasteiger charge is 2.41. The van der Waals surface area contributed by atoms with Crippen LogP contribution in [0.2, 0.25) is 0 Å². The third-order valence-electron chi connectivity index (χ3n) is 4.65. The molecule has 1 heterocycles. The van der Waals surface area contributed by atoms with E-state index in [1.807, 2.05) is 24.3 Å². The lowest BCUT2D eigenvalue weighted by Crippen LogP contribution is -2.48. The van der Waals surface area contributed by atoms with Gasteiger partial charge in [-0.05, 0) is 54.8 Å². The second-order valence-electron chi connectivity index (χ2n) is 6.26. The minimum atomic E-state index is -0.575. The van der Waals surface area contributed by atoms with Crippen molar-refractivity contribution in [1.29, 1.82) is 0 Å². The molecule has 1 aliphatic rings. The molecule has 26 heavy (non-hydrogen) atoms. The Hall–Kier alpha value is -1.92. The molecule has 0 atom stereocenters. The van der Waals surface area contributed by atoms with E-state index in [0.29, 0.717) is 45.0 Å². The van der Waals surface area contributed by atoms with Gasteiger partial charge in [0.1, 0.15) is 18.2 Å². The summed E-state index contributed by atoms with van der Waals surface area (Å²) in [6, 6.07) is 13.7. The Morgan fingerprint density at radius 2 is 1.77 bits per heavy atom. The van der Waals surface area contributed by atoms with Crippen molar-refractivity contribution in [3.63, 3.8) is 0 Å². The lowest BCUT2D eigenvalue weighted by molar-refractivity contribution is -0.130. The Kier molecular flexibility index (Phi) is 6.27. The Labute approximate surface area is 160 Å². The van der Waals surface area contributed by atoms with Gasteiger partial charge in [0.2, 0.25) is 5.91 Å². The first-order valence-electron chi connectivity index (χ1n) is 8.61. The number of nitrogens with one attached hydrogen (secondary N) is 1. The summed E-state index contributed by atoms with van der Waals surface area (Å²) in [5.41, 5.74) is 0.426. The van der Waals surface area contributed by atoms with E-state index in [1.165, 1.54) is 12.1 Å². The molecule has 6 heteroatoms. The maximum Gasteiger partial charge on any atom is 0.230 e. The average molecular weight is 422 g/mol. The van der Waals surface area contributed by atoms with Gasteiger partial charge in [-0.25, -0.2) is 4.39 Å². The highest BCUT2D eigenvalue weighted by molar-refractivity contribution is 9.10. The van der Waals surface area contributed by atoms with Crippen LogP contribution in [0, 0.1) is 5.82 Å². The molecule has 1 saturated heterocycles. The smallest absolute Gasteiger partial charge is 0.230 e. The first kappa shape index (κ1) is 18.9. The van der Waals surface area contributed by atoms with Gasteiger partial charge in [0.15, 0.2) is 0 Å². The molecule has 1 fully saturated rings. The number of carbonyl (C=O) groups is 1. The predicted octanol–water partition coefficient (Wildman–Crippen LogP) is 3.83. The number of ether oxygens (including phenoxy) is 2. The molecule has 1 N–H and O–H groups in total. The number of hydrogen-bond acceptors (Lipinski definition) is 3. The van der Waals surface area contributed by atoms with Crippen LogP contribution in [0.15, 0.2) is 53.0 Å². The molecule has 2 aromatic carbocycles. The lowest BCUT2D eigenvalue weighted by atomic mass is 9.73. The second kappa shape index (κ2) is 8.64. The summed E-state index contributed by atoms with van der Waals surface area (Å²) in [5, 5.41) is 2.98. The summed E-state index contributed by atoms with van der Waals surface area (Å²) in [6.07, 6.45) is 1.30. The molecule has 0 aliphatic carbocycles. The van der Waals surface area contributed by atoms with Crippen molar-refractivity contribution in [2.75, 3.05) is 26.4 Å². The lowest BCUT2D eigenvalue weighted by Gasteiger charge is -2.36. The van der Waals surface area contributed by atoms with Crippen LogP contribution in [0.1, 0.15) is 18.4 Å². The summed E-state index contributed by atoms with van der Waals surface area (Å²) in [7, 11) is 0. The average Bonchev–Trinajstić information content (AvgIpc) is 2.67. The van der Waals surface area contributed by atoms with E-state index >= 15 is 0 Å². The van der Waals surface area contributed by atoms with Crippen LogP contribution in [0.25, 0.3) is 0 Å². The van der Waals surface area contributed by atoms with Crippen LogP contribution in [-0.2, 0) is 14.9 Å². The van der Waals surface area contributed by atoms with Crippen molar-refractivity contribution in [2.24, 2.45) is 0 Å². The summed E-state index contributed by atoms with van der Waals surface area (Å²) >= 11 is 3.44. The number of rotatable bonds is 6. The molecular weight excluding hydrogens is 401 g/mol. The van der Waals surface area contributed by atoms with E-state index in [0.717, 1.165) is 10.0 Å². The van der Waals surface area contributed by atoms with Gasteiger partial charge >= 0.3 is 0 Å². The normalized spacial score (nSPS) is 16.1. The van der Waals surface area contributed by atoms with Gasteiger partial charge in [-0.3, -0.25) is 4.79 Å². The number of benzene rings is 2. The van der Waals surface area contributed by atoms with E-state index in [1.54, 1.807) is 12.1 Å². The fraction of sp³-hybridized carbons (Fsp3) is 0.350. The van der Waals surface area contributed by atoms with Gasteiger partial charge in [-0.1, -0.05) is 28.1 Å². The topological polar surface area (TPSA) is 47.6 Å². The van der Waals surface area contributed by atoms with Crippen LogP contribution in [0.4, 0.5) is 4.39 Å². The molecule has 0 unspecified atom stereocenters. The minimum absolute atomic E-state index is 0.00849. The van der Waals surface area contributed by atoms with Crippen molar-refractivity contribution in [3.05, 3.63) is 64.4 Å². The molecule has 0 bridgehead atoms. The summed E-state index contributed by atoms with van der Waals surface area (Å²) in [6.45, 7) is 1.84. The zero-order chi connectivity index (χ0) is 18.4. The van der Waals surface area contributed by atoms with Crippen LogP contribution < -0.4 is 10.1 Å². The highest BCUT2D eigenvalue weighted by Crippen LogP contribution is 2.35. The van der Waals surface area contributed by atoms with Gasteiger partial charge in [0.25, 0.3) is 0 Å². The molecule has 1 aliphatic heterocycles. The Bertz CT molecular complexity index is 728. The van der Waals surface area contributed by atoms with E-state index in [9.17, 15) is 9.18 Å². The van der Waals surface area contributed by atoms with Gasteiger partial charge in [0, 0.05) is 17.7 Å². The van der Waals surface area contributed by atoms with Crippen LogP contribution in [0.3, 0.4) is 0 Å². The summed E-state index contributed by atoms with van der Waals surface area (Å²) in [4.78, 5) is 13.0. The van der Waals surface area contributed by atoms with Crippen molar-refractivity contribution >= 4 is 21.8 Å². The van der Waals surface area contributed by atoms with Crippen molar-refractivity contribution < 1.29 is 18.7 Å². The number of halogens is 2. The number of hydrogen-bond donors (Lipinski definition) is 1. The fourth-order valence-corrected chi connectivity index (χ4v) is 3.43. The molecule has 2 aromatic rings. The standard InChI is InChI=1S/C20H21BrFNO3/c21-16-3-1-15(2-4-16)20(9-12-25-13-10-20)19(24)23-11-14-26-18-7-5-17(22)6-8-18/h1-8H,9-14H2,(H,23,24). The van der Waals surface area contributed by atoms with E-state index in [2.05, 4.69) is 21.2 Å². The second-order valence-corrected chi connectivity index (χ2v) is 7.18. The van der Waals surface area contributed by atoms with Gasteiger partial charge in [-0.15, -0.1) is 0 Å². The van der Waals surface area contributed by atoms with E-state index in [4.69, 9.17) is 9.47 Å². The molecule has 0 radical (unpaired) electrons. The first-order valence-corrected chi connectivity index (χ1v) is 9.40. The third-order valence-corrected chi connectivity index (χ3v) is 5.18. The quantitative estimate of drug-likeness (QED) is 0.720. The molecular formula is C20H21BrFNO3. The van der Waals surface area contributed by atoms with Gasteiger partial charge in [-0.2, -0.15) is 0 Å². The predicted molar refractivity (Wildman–Crippen MR) is 101 cm³/mol. The van der Waals surface area contributed by atoms with E-state index in [-0.39, 0.29) is 11.7 Å². The van der Waals surface area contributed by atoms with E-state index < -0.39 is 5.41 Å². The number of amides is 1. The maximum absolute atomic E-state index is 13.0. The number of carbonyl (C=O) groups excluding carboxylic acids is 1. The van der Waals surface area contributed by atoms with Crippen LogP contribution in [0.5, 0.6) is 5.75 Å². The summed E-state index contributed by atoms with van der Waals surface area (Å²) in [5.74, 6) is 0.266. The molecule has 0 spiro atoms. The fourth-order valence-electron chi connectivity index (χ4n) is 3.17. The molecule has 3 rings (SSSR count). The molecule has 0 saturated carbocycles. The highest BCUT2D eigenvalue weighted by atomic mass is 79.9. The SMILES string of the molecule is O=C(NCCOc1ccc(F)cc1)C1(c2ccc(Br)cc2)CCOCC1. The van der Waals surface area contributed by atoms with Gasteiger partial charge < -0.3 is 14.8 Å². The largest absolute Gasteiger partial charge is 0.492 e. The monoisotopic (exact) mass is 421 g/mol. The summed E-state index contributed by atoms with van der Waals surface area (Å²) < 4.78 is 24.9. The zero-order valence-corrected chi connectivity index (χ0v) is 15.9. The van der Waals surface area contributed by atoms with Crippen LogP contribution in [-0.4, -0.2) is 32.3 Å². The maximum atomic E-state index is 13.0. The molecule has 1 amide bonds. The Balaban J connectivity index is 1.61.